The van der Waals surface area contributed by atoms with Crippen molar-refractivity contribution in [2.45, 2.75) is 34.0 Å². The summed E-state index contributed by atoms with van der Waals surface area (Å²) in [5, 5.41) is 0. The second kappa shape index (κ2) is 6.40. The molecule has 0 radical (unpaired) electrons. The number of hydrogen-bond donors (Lipinski definition) is 0. The van der Waals surface area contributed by atoms with E-state index in [0.717, 1.165) is 5.56 Å². The van der Waals surface area contributed by atoms with Gasteiger partial charge in [0, 0.05) is 12.2 Å². The number of aryl methyl sites for hydroxylation is 1. The van der Waals surface area contributed by atoms with Gasteiger partial charge < -0.3 is 14.2 Å². The van der Waals surface area contributed by atoms with Gasteiger partial charge in [-0.25, -0.2) is 0 Å². The Bertz CT molecular complexity index is 426. The van der Waals surface area contributed by atoms with E-state index in [1.807, 2.05) is 20.8 Å². The molecule has 0 saturated heterocycles. The number of ketones is 1. The highest BCUT2D eigenvalue weighted by atomic mass is 16.7. The van der Waals surface area contributed by atoms with Crippen molar-refractivity contribution in [1.29, 1.82) is 0 Å². The van der Waals surface area contributed by atoms with Crippen LogP contribution in [0.2, 0.25) is 0 Å². The maximum Gasteiger partial charge on any atom is 0.197 e. The van der Waals surface area contributed by atoms with Gasteiger partial charge in [-0.05, 0) is 45.4 Å². The van der Waals surface area contributed by atoms with E-state index in [9.17, 15) is 4.79 Å². The summed E-state index contributed by atoms with van der Waals surface area (Å²) in [5.74, 6) is 1.16. The average Bonchev–Trinajstić information content (AvgIpc) is 2.31. The van der Waals surface area contributed by atoms with Crippen molar-refractivity contribution in [3.8, 4) is 11.5 Å². The molecule has 1 atom stereocenters. The third-order valence-electron chi connectivity index (χ3n) is 2.55. The SMILES string of the molecule is CCOC(C)Oc1c(C)cc(C(C)=O)cc1OC. The van der Waals surface area contributed by atoms with Crippen molar-refractivity contribution in [2.75, 3.05) is 13.7 Å². The molecule has 0 aliphatic carbocycles. The molecule has 1 aromatic carbocycles. The normalized spacial score (nSPS) is 12.1. The first-order valence-corrected chi connectivity index (χ1v) is 5.97. The van der Waals surface area contributed by atoms with Crippen LogP contribution in [0.3, 0.4) is 0 Å². The van der Waals surface area contributed by atoms with E-state index in [0.29, 0.717) is 23.7 Å². The molecule has 0 fully saturated rings. The van der Waals surface area contributed by atoms with Crippen LogP contribution in [-0.2, 0) is 4.74 Å². The fraction of sp³-hybridized carbons (Fsp3) is 0.500. The quantitative estimate of drug-likeness (QED) is 0.576. The second-order valence-electron chi connectivity index (χ2n) is 4.02. The standard InChI is InChI=1S/C14H20O4/c1-6-17-11(4)18-14-9(2)7-12(10(3)15)8-13(14)16-5/h7-8,11H,6H2,1-5H3. The third-order valence-corrected chi connectivity index (χ3v) is 2.55. The maximum atomic E-state index is 11.4. The summed E-state index contributed by atoms with van der Waals surface area (Å²) in [5.41, 5.74) is 1.46. The summed E-state index contributed by atoms with van der Waals surface area (Å²) < 4.78 is 16.3. The van der Waals surface area contributed by atoms with Crippen molar-refractivity contribution in [1.82, 2.24) is 0 Å². The van der Waals surface area contributed by atoms with E-state index in [1.54, 1.807) is 19.2 Å². The van der Waals surface area contributed by atoms with Gasteiger partial charge in [-0.15, -0.1) is 0 Å². The lowest BCUT2D eigenvalue weighted by molar-refractivity contribution is -0.0627. The largest absolute Gasteiger partial charge is 0.493 e. The summed E-state index contributed by atoms with van der Waals surface area (Å²) in [4.78, 5) is 11.4. The summed E-state index contributed by atoms with van der Waals surface area (Å²) in [6.45, 7) is 7.71. The smallest absolute Gasteiger partial charge is 0.197 e. The zero-order valence-corrected chi connectivity index (χ0v) is 11.6. The van der Waals surface area contributed by atoms with E-state index < -0.39 is 0 Å². The molecule has 4 nitrogen and oxygen atoms in total. The van der Waals surface area contributed by atoms with E-state index in [1.165, 1.54) is 6.92 Å². The van der Waals surface area contributed by atoms with Crippen LogP contribution in [0, 0.1) is 6.92 Å². The number of carbonyl (C=O) groups is 1. The molecule has 1 aromatic rings. The molecule has 0 aliphatic rings. The van der Waals surface area contributed by atoms with Crippen LogP contribution < -0.4 is 9.47 Å². The molecule has 1 rings (SSSR count). The van der Waals surface area contributed by atoms with Crippen LogP contribution in [0.1, 0.15) is 36.7 Å². The number of carbonyl (C=O) groups excluding carboxylic acids is 1. The molecular formula is C14H20O4. The Kier molecular flexibility index (Phi) is 5.16. The Hall–Kier alpha value is -1.55. The van der Waals surface area contributed by atoms with Gasteiger partial charge in [-0.2, -0.15) is 0 Å². The highest BCUT2D eigenvalue weighted by Gasteiger charge is 2.15. The minimum Gasteiger partial charge on any atom is -0.493 e. The molecule has 0 bridgehead atoms. The number of ether oxygens (including phenoxy) is 3. The Morgan fingerprint density at radius 3 is 2.56 bits per heavy atom. The fourth-order valence-corrected chi connectivity index (χ4v) is 1.68. The van der Waals surface area contributed by atoms with Gasteiger partial charge in [0.05, 0.1) is 7.11 Å². The van der Waals surface area contributed by atoms with Crippen molar-refractivity contribution in [3.63, 3.8) is 0 Å². The topological polar surface area (TPSA) is 44.8 Å². The molecule has 1 unspecified atom stereocenters. The lowest BCUT2D eigenvalue weighted by Crippen LogP contribution is -2.17. The van der Waals surface area contributed by atoms with E-state index in [2.05, 4.69) is 0 Å². The van der Waals surface area contributed by atoms with Crippen LogP contribution in [-0.4, -0.2) is 25.8 Å². The average molecular weight is 252 g/mol. The Labute approximate surface area is 108 Å². The van der Waals surface area contributed by atoms with Gasteiger partial charge in [0.1, 0.15) is 0 Å². The number of methoxy groups -OCH3 is 1. The van der Waals surface area contributed by atoms with Gasteiger partial charge in [-0.3, -0.25) is 4.79 Å². The summed E-state index contributed by atoms with van der Waals surface area (Å²) in [6, 6.07) is 3.47. The van der Waals surface area contributed by atoms with E-state index >= 15 is 0 Å². The zero-order chi connectivity index (χ0) is 13.7. The van der Waals surface area contributed by atoms with Crippen LogP contribution >= 0.6 is 0 Å². The molecule has 0 saturated carbocycles. The van der Waals surface area contributed by atoms with Gasteiger partial charge in [0.2, 0.25) is 0 Å². The van der Waals surface area contributed by atoms with Crippen LogP contribution in [0.5, 0.6) is 11.5 Å². The first-order chi connectivity index (χ1) is 8.49. The van der Waals surface area contributed by atoms with Gasteiger partial charge in [0.15, 0.2) is 23.6 Å². The highest BCUT2D eigenvalue weighted by molar-refractivity contribution is 5.95. The Balaban J connectivity index is 3.07. The minimum atomic E-state index is -0.356. The molecule has 0 N–H and O–H groups in total. The second-order valence-corrected chi connectivity index (χ2v) is 4.02. The lowest BCUT2D eigenvalue weighted by atomic mass is 10.1. The molecule has 0 aliphatic heterocycles. The molecule has 18 heavy (non-hydrogen) atoms. The number of rotatable bonds is 6. The van der Waals surface area contributed by atoms with E-state index in [-0.39, 0.29) is 12.1 Å². The number of Topliss-reactive ketones (excluding diaryl/α,β-unsaturated/α-hetero) is 1. The summed E-state index contributed by atoms with van der Waals surface area (Å²) in [7, 11) is 1.55. The molecule has 4 heteroatoms. The van der Waals surface area contributed by atoms with Crippen molar-refractivity contribution in [2.24, 2.45) is 0 Å². The van der Waals surface area contributed by atoms with Crippen molar-refractivity contribution in [3.05, 3.63) is 23.3 Å². The maximum absolute atomic E-state index is 11.4. The molecule has 0 spiro atoms. The monoisotopic (exact) mass is 252 g/mol. The van der Waals surface area contributed by atoms with Crippen LogP contribution in [0.15, 0.2) is 12.1 Å². The number of hydrogen-bond acceptors (Lipinski definition) is 4. The molecule has 100 valence electrons. The van der Waals surface area contributed by atoms with Crippen molar-refractivity contribution < 1.29 is 19.0 Å². The number of benzene rings is 1. The molecule has 0 amide bonds. The first-order valence-electron chi connectivity index (χ1n) is 5.97. The summed E-state index contributed by atoms with van der Waals surface area (Å²) >= 11 is 0. The molecular weight excluding hydrogens is 232 g/mol. The highest BCUT2D eigenvalue weighted by Crippen LogP contribution is 2.33. The van der Waals surface area contributed by atoms with E-state index in [4.69, 9.17) is 14.2 Å². The van der Waals surface area contributed by atoms with Crippen LogP contribution in [0.25, 0.3) is 0 Å². The Morgan fingerprint density at radius 1 is 1.39 bits per heavy atom. The van der Waals surface area contributed by atoms with Gasteiger partial charge in [0.25, 0.3) is 0 Å². The van der Waals surface area contributed by atoms with Gasteiger partial charge in [-0.1, -0.05) is 0 Å². The van der Waals surface area contributed by atoms with Gasteiger partial charge >= 0.3 is 0 Å². The predicted octanol–water partition coefficient (Wildman–Crippen LogP) is 2.97. The van der Waals surface area contributed by atoms with Crippen molar-refractivity contribution >= 4 is 5.78 Å². The van der Waals surface area contributed by atoms with Crippen LogP contribution in [0.4, 0.5) is 0 Å². The third kappa shape index (κ3) is 3.47. The Morgan fingerprint density at radius 2 is 2.06 bits per heavy atom. The minimum absolute atomic E-state index is 0.000747. The predicted molar refractivity (Wildman–Crippen MR) is 69.5 cm³/mol. The molecule has 0 heterocycles. The zero-order valence-electron chi connectivity index (χ0n) is 11.6. The first kappa shape index (κ1) is 14.5. The fourth-order valence-electron chi connectivity index (χ4n) is 1.68. The summed E-state index contributed by atoms with van der Waals surface area (Å²) in [6.07, 6.45) is -0.356. The lowest BCUT2D eigenvalue weighted by Gasteiger charge is -2.19. The molecule has 0 aromatic heterocycles.